The minimum absolute atomic E-state index is 0.191. The van der Waals surface area contributed by atoms with Crippen molar-refractivity contribution < 1.29 is 17.9 Å². The molecule has 2 rings (SSSR count). The summed E-state index contributed by atoms with van der Waals surface area (Å²) in [6.07, 6.45) is 2.14. The summed E-state index contributed by atoms with van der Waals surface area (Å²) in [5.74, 6) is 0.200. The van der Waals surface area contributed by atoms with Gasteiger partial charge in [-0.05, 0) is 37.5 Å². The van der Waals surface area contributed by atoms with Gasteiger partial charge in [0.05, 0.1) is 25.1 Å². The zero-order valence-corrected chi connectivity index (χ0v) is 18.5. The minimum Gasteiger partial charge on any atom is -0.497 e. The molecule has 2 atom stereocenters. The van der Waals surface area contributed by atoms with Crippen molar-refractivity contribution in [2.45, 2.75) is 45.7 Å². The number of amides is 1. The monoisotopic (exact) mass is 418 g/mol. The number of benzene rings is 2. The van der Waals surface area contributed by atoms with Crippen LogP contribution in [0.15, 0.2) is 48.5 Å². The highest BCUT2D eigenvalue weighted by Crippen LogP contribution is 2.27. The molecule has 0 aliphatic carbocycles. The van der Waals surface area contributed by atoms with Crippen molar-refractivity contribution in [2.24, 2.45) is 0 Å². The first-order chi connectivity index (χ1) is 13.7. The largest absolute Gasteiger partial charge is 0.497 e. The predicted octanol–water partition coefficient (Wildman–Crippen LogP) is 3.82. The van der Waals surface area contributed by atoms with Crippen LogP contribution in [0.3, 0.4) is 0 Å². The Labute approximate surface area is 173 Å². The van der Waals surface area contributed by atoms with Crippen molar-refractivity contribution in [2.75, 3.05) is 17.7 Å². The van der Waals surface area contributed by atoms with Gasteiger partial charge in [-0.15, -0.1) is 0 Å². The van der Waals surface area contributed by atoms with Crippen LogP contribution in [0.1, 0.15) is 43.9 Å². The van der Waals surface area contributed by atoms with Crippen LogP contribution in [0, 0.1) is 6.92 Å². The number of carbonyl (C=O) groups is 1. The lowest BCUT2D eigenvalue weighted by Crippen LogP contribution is -2.50. The number of nitrogens with one attached hydrogen (secondary N) is 1. The highest BCUT2D eigenvalue weighted by atomic mass is 32.2. The van der Waals surface area contributed by atoms with E-state index >= 15 is 0 Å². The van der Waals surface area contributed by atoms with Crippen molar-refractivity contribution in [3.05, 3.63) is 59.7 Å². The van der Waals surface area contributed by atoms with E-state index in [1.807, 2.05) is 38.1 Å². The van der Waals surface area contributed by atoms with Crippen LogP contribution in [0.4, 0.5) is 5.69 Å². The summed E-state index contributed by atoms with van der Waals surface area (Å²) >= 11 is 0. The maximum Gasteiger partial charge on any atom is 0.244 e. The van der Waals surface area contributed by atoms with Crippen LogP contribution >= 0.6 is 0 Å². The van der Waals surface area contributed by atoms with E-state index in [0.717, 1.165) is 17.4 Å². The van der Waals surface area contributed by atoms with Crippen LogP contribution < -0.4 is 14.4 Å². The first-order valence-electron chi connectivity index (χ1n) is 9.71. The van der Waals surface area contributed by atoms with Crippen molar-refractivity contribution in [1.29, 1.82) is 0 Å². The van der Waals surface area contributed by atoms with E-state index in [1.165, 1.54) is 11.4 Å². The molecular formula is C22H30N2O4S. The Balaban J connectivity index is 2.35. The molecule has 158 valence electrons. The van der Waals surface area contributed by atoms with Crippen LogP contribution in [0.2, 0.25) is 0 Å². The number of ether oxygens (including phenoxy) is 1. The van der Waals surface area contributed by atoms with Gasteiger partial charge >= 0.3 is 0 Å². The molecule has 2 aromatic rings. The number of rotatable bonds is 9. The highest BCUT2D eigenvalue weighted by molar-refractivity contribution is 7.92. The lowest BCUT2D eigenvalue weighted by molar-refractivity contribution is -0.123. The molecule has 0 unspecified atom stereocenters. The maximum absolute atomic E-state index is 13.2. The number of carbonyl (C=O) groups excluding carboxylic acids is 1. The SMILES string of the molecule is CC[C@H](C(=O)N[C@H](CC)c1ccc(C)cc1)N(c1cccc(OC)c1)S(C)(=O)=O. The summed E-state index contributed by atoms with van der Waals surface area (Å²) in [7, 11) is -2.18. The Morgan fingerprint density at radius 3 is 2.28 bits per heavy atom. The van der Waals surface area contributed by atoms with Gasteiger partial charge in [0.2, 0.25) is 15.9 Å². The summed E-state index contributed by atoms with van der Waals surface area (Å²) in [5, 5.41) is 3.03. The van der Waals surface area contributed by atoms with Gasteiger partial charge in [0.15, 0.2) is 0 Å². The Hall–Kier alpha value is -2.54. The van der Waals surface area contributed by atoms with E-state index in [1.54, 1.807) is 31.2 Å². The molecule has 0 aromatic heterocycles. The van der Waals surface area contributed by atoms with E-state index in [9.17, 15) is 13.2 Å². The van der Waals surface area contributed by atoms with Crippen molar-refractivity contribution >= 4 is 21.6 Å². The highest BCUT2D eigenvalue weighted by Gasteiger charge is 2.32. The third kappa shape index (κ3) is 5.73. The molecule has 0 saturated carbocycles. The second kappa shape index (κ2) is 9.78. The summed E-state index contributed by atoms with van der Waals surface area (Å²) < 4.78 is 31.6. The van der Waals surface area contributed by atoms with Crippen molar-refractivity contribution in [3.63, 3.8) is 0 Å². The molecule has 0 aliphatic heterocycles. The van der Waals surface area contributed by atoms with E-state index in [4.69, 9.17) is 4.74 Å². The van der Waals surface area contributed by atoms with Gasteiger partial charge in [-0.3, -0.25) is 9.10 Å². The lowest BCUT2D eigenvalue weighted by Gasteiger charge is -2.31. The number of aryl methyl sites for hydroxylation is 1. The lowest BCUT2D eigenvalue weighted by atomic mass is 10.0. The van der Waals surface area contributed by atoms with Gasteiger partial charge in [0.1, 0.15) is 11.8 Å². The van der Waals surface area contributed by atoms with Gasteiger partial charge in [-0.2, -0.15) is 0 Å². The molecule has 1 amide bonds. The minimum atomic E-state index is -3.70. The Bertz CT molecular complexity index is 926. The third-order valence-corrected chi connectivity index (χ3v) is 6.02. The third-order valence-electron chi connectivity index (χ3n) is 4.84. The van der Waals surface area contributed by atoms with E-state index in [2.05, 4.69) is 5.32 Å². The Morgan fingerprint density at radius 2 is 1.76 bits per heavy atom. The summed E-state index contributed by atoms with van der Waals surface area (Å²) in [5.41, 5.74) is 2.54. The fourth-order valence-electron chi connectivity index (χ4n) is 3.30. The van der Waals surface area contributed by atoms with Crippen LogP contribution in [-0.4, -0.2) is 33.7 Å². The second-order valence-corrected chi connectivity index (χ2v) is 8.92. The molecular weight excluding hydrogens is 388 g/mol. The molecule has 0 spiro atoms. The van der Waals surface area contributed by atoms with Gasteiger partial charge in [0, 0.05) is 6.07 Å². The van der Waals surface area contributed by atoms with Crippen molar-refractivity contribution in [1.82, 2.24) is 5.32 Å². The normalized spacial score (nSPS) is 13.4. The van der Waals surface area contributed by atoms with Gasteiger partial charge in [-0.1, -0.05) is 49.7 Å². The fraction of sp³-hybridized carbons (Fsp3) is 0.409. The standard InChI is InChI=1S/C22H30N2O4S/c1-6-20(17-13-11-16(3)12-14-17)23-22(25)21(7-2)24(29(5,26)27)18-9-8-10-19(15-18)28-4/h8-15,20-21H,6-7H2,1-5H3,(H,23,25)/t20-,21-/m1/s1. The number of methoxy groups -OCH3 is 1. The van der Waals surface area contributed by atoms with Crippen LogP contribution in [-0.2, 0) is 14.8 Å². The zero-order chi connectivity index (χ0) is 21.6. The van der Waals surface area contributed by atoms with Crippen LogP contribution in [0.25, 0.3) is 0 Å². The number of sulfonamides is 1. The summed E-state index contributed by atoms with van der Waals surface area (Å²) in [6, 6.07) is 13.6. The first-order valence-corrected chi connectivity index (χ1v) is 11.6. The molecule has 0 heterocycles. The second-order valence-electron chi connectivity index (χ2n) is 7.06. The number of hydrogen-bond acceptors (Lipinski definition) is 4. The summed E-state index contributed by atoms with van der Waals surface area (Å²) in [4.78, 5) is 13.2. The number of nitrogens with zero attached hydrogens (tertiary/aromatic N) is 1. The Kier molecular flexibility index (Phi) is 7.67. The quantitative estimate of drug-likeness (QED) is 0.672. The average Bonchev–Trinajstić information content (AvgIpc) is 2.69. The smallest absolute Gasteiger partial charge is 0.244 e. The molecule has 0 bridgehead atoms. The summed E-state index contributed by atoms with van der Waals surface area (Å²) in [6.45, 7) is 5.80. The topological polar surface area (TPSA) is 75.7 Å². The number of hydrogen-bond donors (Lipinski definition) is 1. The molecule has 6 nitrogen and oxygen atoms in total. The predicted molar refractivity (Wildman–Crippen MR) is 117 cm³/mol. The van der Waals surface area contributed by atoms with Gasteiger partial charge < -0.3 is 10.1 Å². The fourth-order valence-corrected chi connectivity index (χ4v) is 4.50. The molecule has 0 saturated heterocycles. The molecule has 0 fully saturated rings. The van der Waals surface area contributed by atoms with E-state index in [0.29, 0.717) is 24.3 Å². The Morgan fingerprint density at radius 1 is 1.10 bits per heavy atom. The molecule has 1 N–H and O–H groups in total. The molecule has 2 aromatic carbocycles. The zero-order valence-electron chi connectivity index (χ0n) is 17.7. The molecule has 7 heteroatoms. The molecule has 0 radical (unpaired) electrons. The van der Waals surface area contributed by atoms with Gasteiger partial charge in [0.25, 0.3) is 0 Å². The van der Waals surface area contributed by atoms with Crippen LogP contribution in [0.5, 0.6) is 5.75 Å². The van der Waals surface area contributed by atoms with Crippen molar-refractivity contribution in [3.8, 4) is 5.75 Å². The van der Waals surface area contributed by atoms with Gasteiger partial charge in [-0.25, -0.2) is 8.42 Å². The number of anilines is 1. The van der Waals surface area contributed by atoms with E-state index in [-0.39, 0.29) is 11.9 Å². The maximum atomic E-state index is 13.2. The average molecular weight is 419 g/mol. The molecule has 29 heavy (non-hydrogen) atoms. The first kappa shape index (κ1) is 22.7. The van der Waals surface area contributed by atoms with E-state index < -0.39 is 16.1 Å². The molecule has 0 aliphatic rings.